The smallest absolute Gasteiger partial charge is 0.170 e. The first kappa shape index (κ1) is 9.45. The Morgan fingerprint density at radius 3 is 2.53 bits per heavy atom. The molecule has 0 saturated heterocycles. The van der Waals surface area contributed by atoms with E-state index in [1.54, 1.807) is 12.1 Å². The topological polar surface area (TPSA) is 42.9 Å². The molecule has 15 heavy (non-hydrogen) atoms. The lowest BCUT2D eigenvalue weighted by Crippen LogP contribution is -1.92. The summed E-state index contributed by atoms with van der Waals surface area (Å²) in [6.07, 6.45) is 3.53. The Bertz CT molecular complexity index is 482. The first-order valence-corrected chi connectivity index (χ1v) is 4.33. The Morgan fingerprint density at radius 2 is 1.87 bits per heavy atom. The molecule has 4 heteroatoms. The number of rotatable bonds is 2. The van der Waals surface area contributed by atoms with Crippen LogP contribution in [0.2, 0.25) is 0 Å². The van der Waals surface area contributed by atoms with E-state index in [9.17, 15) is 9.18 Å². The Balaban J connectivity index is 2.44. The van der Waals surface area contributed by atoms with E-state index in [4.69, 9.17) is 0 Å². The first-order chi connectivity index (χ1) is 7.29. The van der Waals surface area contributed by atoms with Gasteiger partial charge in [-0.3, -0.25) is 9.78 Å². The van der Waals surface area contributed by atoms with Gasteiger partial charge in [-0.15, -0.1) is 0 Å². The van der Waals surface area contributed by atoms with Gasteiger partial charge in [0.1, 0.15) is 11.5 Å². The second-order valence-electron chi connectivity index (χ2n) is 2.95. The van der Waals surface area contributed by atoms with Gasteiger partial charge < -0.3 is 0 Å². The molecule has 2 rings (SSSR count). The second kappa shape index (κ2) is 3.96. The monoisotopic (exact) mass is 202 g/mol. The molecule has 0 unspecified atom stereocenters. The summed E-state index contributed by atoms with van der Waals surface area (Å²) in [5.74, 6) is -0.307. The minimum atomic E-state index is -0.307. The molecule has 1 heterocycles. The number of aldehydes is 1. The molecule has 1 aromatic heterocycles. The number of hydrogen-bond donors (Lipinski definition) is 0. The predicted octanol–water partition coefficient (Wildman–Crippen LogP) is 2.10. The molecule has 1 aromatic carbocycles. The molecule has 74 valence electrons. The van der Waals surface area contributed by atoms with Gasteiger partial charge in [-0.1, -0.05) is 0 Å². The Labute approximate surface area is 85.6 Å². The largest absolute Gasteiger partial charge is 0.296 e. The van der Waals surface area contributed by atoms with Crippen molar-refractivity contribution in [3.63, 3.8) is 0 Å². The molecule has 3 nitrogen and oxygen atoms in total. The summed E-state index contributed by atoms with van der Waals surface area (Å²) in [7, 11) is 0. The quantitative estimate of drug-likeness (QED) is 0.700. The molecule has 0 radical (unpaired) electrons. The summed E-state index contributed by atoms with van der Waals surface area (Å²) in [6.45, 7) is 0. The highest BCUT2D eigenvalue weighted by Crippen LogP contribution is 2.15. The van der Waals surface area contributed by atoms with E-state index in [2.05, 4.69) is 9.97 Å². The molecule has 0 saturated carbocycles. The van der Waals surface area contributed by atoms with Crippen LogP contribution < -0.4 is 0 Å². The van der Waals surface area contributed by atoms with Crippen LogP contribution in [0.3, 0.4) is 0 Å². The summed E-state index contributed by atoms with van der Waals surface area (Å²) in [6, 6.07) is 5.86. The van der Waals surface area contributed by atoms with Crippen LogP contribution in [0.25, 0.3) is 11.3 Å². The highest BCUT2D eigenvalue weighted by Gasteiger charge is 2.01. The van der Waals surface area contributed by atoms with Crippen LogP contribution >= 0.6 is 0 Å². The summed E-state index contributed by atoms with van der Waals surface area (Å²) in [5, 5.41) is 0. The van der Waals surface area contributed by atoms with Crippen molar-refractivity contribution in [2.24, 2.45) is 0 Å². The van der Waals surface area contributed by atoms with Gasteiger partial charge in [0.15, 0.2) is 6.29 Å². The van der Waals surface area contributed by atoms with Crippen molar-refractivity contribution >= 4 is 6.29 Å². The van der Waals surface area contributed by atoms with E-state index in [0.29, 0.717) is 12.0 Å². The fourth-order valence-corrected chi connectivity index (χ4v) is 1.20. The minimum Gasteiger partial charge on any atom is -0.296 e. The van der Waals surface area contributed by atoms with Gasteiger partial charge in [0, 0.05) is 5.56 Å². The molecule has 0 amide bonds. The molecule has 0 aliphatic heterocycles. The zero-order valence-corrected chi connectivity index (χ0v) is 7.72. The fourth-order valence-electron chi connectivity index (χ4n) is 1.20. The summed E-state index contributed by atoms with van der Waals surface area (Å²) in [5.41, 5.74) is 1.55. The standard InChI is InChI=1S/C11H7FN2O/c12-9-3-1-8(2-4-9)11-6-13-5-10(7-15)14-11/h1-7H. The summed E-state index contributed by atoms with van der Waals surface area (Å²) >= 11 is 0. The number of halogens is 1. The Morgan fingerprint density at radius 1 is 1.13 bits per heavy atom. The van der Waals surface area contributed by atoms with Crippen LogP contribution in [0, 0.1) is 5.82 Å². The van der Waals surface area contributed by atoms with E-state index in [0.717, 1.165) is 5.56 Å². The summed E-state index contributed by atoms with van der Waals surface area (Å²) < 4.78 is 12.7. The van der Waals surface area contributed by atoms with E-state index < -0.39 is 0 Å². The fraction of sp³-hybridized carbons (Fsp3) is 0. The molecule has 0 N–H and O–H groups in total. The van der Waals surface area contributed by atoms with Crippen molar-refractivity contribution in [1.29, 1.82) is 0 Å². The zero-order chi connectivity index (χ0) is 10.7. The molecular weight excluding hydrogens is 195 g/mol. The molecule has 0 fully saturated rings. The van der Waals surface area contributed by atoms with Gasteiger partial charge in [0.2, 0.25) is 0 Å². The number of hydrogen-bond acceptors (Lipinski definition) is 3. The average molecular weight is 202 g/mol. The third-order valence-corrected chi connectivity index (χ3v) is 1.91. The lowest BCUT2D eigenvalue weighted by atomic mass is 10.1. The maximum Gasteiger partial charge on any atom is 0.170 e. The van der Waals surface area contributed by atoms with Gasteiger partial charge in [0.05, 0.1) is 18.1 Å². The zero-order valence-electron chi connectivity index (χ0n) is 7.72. The van der Waals surface area contributed by atoms with Crippen LogP contribution in [0.4, 0.5) is 4.39 Å². The molecule has 0 spiro atoms. The number of nitrogens with zero attached hydrogens (tertiary/aromatic N) is 2. The minimum absolute atomic E-state index is 0.261. The van der Waals surface area contributed by atoms with Gasteiger partial charge in [-0.25, -0.2) is 9.37 Å². The third-order valence-electron chi connectivity index (χ3n) is 1.91. The van der Waals surface area contributed by atoms with Crippen molar-refractivity contribution in [2.75, 3.05) is 0 Å². The van der Waals surface area contributed by atoms with Crippen LogP contribution in [0.1, 0.15) is 10.5 Å². The SMILES string of the molecule is O=Cc1cncc(-c2ccc(F)cc2)n1. The lowest BCUT2D eigenvalue weighted by molar-refractivity contribution is 0.111. The van der Waals surface area contributed by atoms with E-state index in [1.807, 2.05) is 0 Å². The van der Waals surface area contributed by atoms with E-state index in [1.165, 1.54) is 24.5 Å². The Kier molecular flexibility index (Phi) is 2.49. The van der Waals surface area contributed by atoms with Crippen LogP contribution in [-0.2, 0) is 0 Å². The van der Waals surface area contributed by atoms with Crippen molar-refractivity contribution in [3.8, 4) is 11.3 Å². The molecule has 0 bridgehead atoms. The molecule has 0 aliphatic carbocycles. The normalized spacial score (nSPS) is 9.93. The van der Waals surface area contributed by atoms with Crippen LogP contribution in [0.5, 0.6) is 0 Å². The maximum atomic E-state index is 12.7. The van der Waals surface area contributed by atoms with E-state index in [-0.39, 0.29) is 11.5 Å². The lowest BCUT2D eigenvalue weighted by Gasteiger charge is -1.99. The van der Waals surface area contributed by atoms with Gasteiger partial charge in [-0.05, 0) is 24.3 Å². The molecule has 0 atom stereocenters. The van der Waals surface area contributed by atoms with Crippen molar-refractivity contribution in [2.45, 2.75) is 0 Å². The molecule has 2 aromatic rings. The molecule has 0 aliphatic rings. The second-order valence-corrected chi connectivity index (χ2v) is 2.95. The number of benzene rings is 1. The number of carbonyl (C=O) groups excluding carboxylic acids is 1. The van der Waals surface area contributed by atoms with Crippen LogP contribution in [0.15, 0.2) is 36.7 Å². The average Bonchev–Trinajstić information content (AvgIpc) is 2.30. The van der Waals surface area contributed by atoms with Gasteiger partial charge >= 0.3 is 0 Å². The third kappa shape index (κ3) is 2.04. The molecular formula is C11H7FN2O. The van der Waals surface area contributed by atoms with E-state index >= 15 is 0 Å². The number of carbonyl (C=O) groups is 1. The van der Waals surface area contributed by atoms with Gasteiger partial charge in [-0.2, -0.15) is 0 Å². The maximum absolute atomic E-state index is 12.7. The summed E-state index contributed by atoms with van der Waals surface area (Å²) in [4.78, 5) is 18.4. The highest BCUT2D eigenvalue weighted by atomic mass is 19.1. The van der Waals surface area contributed by atoms with Crippen molar-refractivity contribution in [3.05, 3.63) is 48.2 Å². The predicted molar refractivity (Wildman–Crippen MR) is 52.8 cm³/mol. The Hall–Kier alpha value is -2.10. The van der Waals surface area contributed by atoms with Crippen molar-refractivity contribution < 1.29 is 9.18 Å². The van der Waals surface area contributed by atoms with Crippen LogP contribution in [-0.4, -0.2) is 16.3 Å². The van der Waals surface area contributed by atoms with Gasteiger partial charge in [0.25, 0.3) is 0 Å². The van der Waals surface area contributed by atoms with Crippen molar-refractivity contribution in [1.82, 2.24) is 9.97 Å². The highest BCUT2D eigenvalue weighted by molar-refractivity contribution is 5.72. The number of aromatic nitrogens is 2. The first-order valence-electron chi connectivity index (χ1n) is 4.33.